The molecule has 0 aliphatic heterocycles. The largest absolute Gasteiger partial charge is 0.0714 e. The summed E-state index contributed by atoms with van der Waals surface area (Å²) in [4.78, 5) is 0. The van der Waals surface area contributed by atoms with Crippen molar-refractivity contribution in [1.82, 2.24) is 0 Å². The maximum absolute atomic E-state index is 2.66. The van der Waals surface area contributed by atoms with Crippen LogP contribution in [0.1, 0.15) is 150 Å². The molecule has 11 rings (SSSR count). The van der Waals surface area contributed by atoms with E-state index in [1.807, 2.05) is 0 Å². The second kappa shape index (κ2) is 15.0. The summed E-state index contributed by atoms with van der Waals surface area (Å²) in [5, 5.41) is 5.11. The van der Waals surface area contributed by atoms with Crippen LogP contribution in [0.2, 0.25) is 0 Å². The SMILES string of the molecule is CC(C)(C)c1ccc(C2(c3ccc(C(C)(C)C)cc3)c3cc4c(cc3-c3c2ccc2ccccc32)C(c2ccc(C(C)(C)C)cc2)(c2ccc(C(C)(C)C)cc2)c2ccc3ccccc3c2-4)cc1. The molecule has 2 aliphatic carbocycles. The van der Waals surface area contributed by atoms with Gasteiger partial charge in [0, 0.05) is 0 Å². The summed E-state index contributed by atoms with van der Waals surface area (Å²) in [6.07, 6.45) is 0. The number of hydrogen-bond acceptors (Lipinski definition) is 0. The first-order valence-electron chi connectivity index (χ1n) is 24.9. The molecule has 0 spiro atoms. The van der Waals surface area contributed by atoms with Crippen LogP contribution >= 0.6 is 0 Å². The minimum atomic E-state index is -0.602. The quantitative estimate of drug-likeness (QED) is 0.165. The average Bonchev–Trinajstić information content (AvgIpc) is 3.78. The summed E-state index contributed by atoms with van der Waals surface area (Å²) < 4.78 is 0. The Morgan fingerprint density at radius 2 is 0.529 bits per heavy atom. The third kappa shape index (κ3) is 6.46. The lowest BCUT2D eigenvalue weighted by Gasteiger charge is -2.36. The first-order chi connectivity index (χ1) is 32.2. The van der Waals surface area contributed by atoms with Crippen LogP contribution in [-0.4, -0.2) is 0 Å². The Hall–Kier alpha value is -6.50. The molecule has 9 aromatic carbocycles. The van der Waals surface area contributed by atoms with Gasteiger partial charge in [0.2, 0.25) is 0 Å². The van der Waals surface area contributed by atoms with E-state index in [4.69, 9.17) is 0 Å². The molecular formula is C68H66. The van der Waals surface area contributed by atoms with Gasteiger partial charge >= 0.3 is 0 Å². The normalized spacial score (nSPS) is 15.0. The lowest BCUT2D eigenvalue weighted by atomic mass is 9.65. The monoisotopic (exact) mass is 883 g/mol. The minimum absolute atomic E-state index is 0.0207. The Bertz CT molecular complexity index is 3070. The zero-order valence-electron chi connectivity index (χ0n) is 42.3. The molecule has 0 nitrogen and oxygen atoms in total. The molecule has 0 heterocycles. The van der Waals surface area contributed by atoms with Gasteiger partial charge in [-0.15, -0.1) is 0 Å². The van der Waals surface area contributed by atoms with E-state index in [9.17, 15) is 0 Å². The van der Waals surface area contributed by atoms with Crippen molar-refractivity contribution in [1.29, 1.82) is 0 Å². The number of hydrogen-bond donors (Lipinski definition) is 0. The van der Waals surface area contributed by atoms with Crippen LogP contribution in [0.25, 0.3) is 43.8 Å². The molecule has 0 saturated carbocycles. The van der Waals surface area contributed by atoms with Crippen molar-refractivity contribution in [3.63, 3.8) is 0 Å². The average molecular weight is 883 g/mol. The molecule has 0 aromatic heterocycles. The van der Waals surface area contributed by atoms with E-state index in [1.165, 1.54) is 111 Å². The summed E-state index contributed by atoms with van der Waals surface area (Å²) >= 11 is 0. The van der Waals surface area contributed by atoms with Crippen molar-refractivity contribution in [3.05, 3.63) is 249 Å². The molecule has 338 valence electrons. The van der Waals surface area contributed by atoms with E-state index >= 15 is 0 Å². The number of benzene rings is 9. The fourth-order valence-electron chi connectivity index (χ4n) is 12.1. The Kier molecular flexibility index (Phi) is 9.71. The molecule has 0 radical (unpaired) electrons. The molecule has 0 unspecified atom stereocenters. The Balaban J connectivity index is 1.33. The van der Waals surface area contributed by atoms with Crippen LogP contribution in [0.15, 0.2) is 182 Å². The van der Waals surface area contributed by atoms with Crippen molar-refractivity contribution in [3.8, 4) is 22.3 Å². The molecular weight excluding hydrogens is 817 g/mol. The Morgan fingerprint density at radius 3 is 0.794 bits per heavy atom. The van der Waals surface area contributed by atoms with Gasteiger partial charge in [0.15, 0.2) is 0 Å². The summed E-state index contributed by atoms with van der Waals surface area (Å²) in [6, 6.07) is 71.8. The van der Waals surface area contributed by atoms with Crippen LogP contribution in [0.5, 0.6) is 0 Å². The van der Waals surface area contributed by atoms with Gasteiger partial charge in [-0.2, -0.15) is 0 Å². The van der Waals surface area contributed by atoms with E-state index in [0.717, 1.165) is 0 Å². The molecule has 0 saturated heterocycles. The fourth-order valence-corrected chi connectivity index (χ4v) is 12.1. The predicted octanol–water partition coefficient (Wildman–Crippen LogP) is 17.9. The molecule has 0 fully saturated rings. The number of fused-ring (bicyclic) bond motifs is 10. The molecule has 9 aromatic rings. The van der Waals surface area contributed by atoms with E-state index in [-0.39, 0.29) is 21.7 Å². The summed E-state index contributed by atoms with van der Waals surface area (Å²) in [5.74, 6) is 0. The van der Waals surface area contributed by atoms with Gasteiger partial charge in [0.1, 0.15) is 0 Å². The summed E-state index contributed by atoms with van der Waals surface area (Å²) in [5.41, 5.74) is 20.1. The van der Waals surface area contributed by atoms with Crippen molar-refractivity contribution in [2.24, 2.45) is 0 Å². The standard InChI is InChI=1S/C68H66/c1-63(2,3)45-23-31-49(32-24-45)67(50-33-25-46(26-34-50)64(4,5)6)57-39-21-43-17-13-15-19-53(43)61(57)55-42-60-56(41-59(55)67)62-54-20-16-14-18-44(54)22-40-58(62)68(60,51-35-27-47(28-36-51)65(7,8)9)52-37-29-48(30-38-52)66(10,11)12/h13-42H,1-12H3. The van der Waals surface area contributed by atoms with E-state index in [1.54, 1.807) is 0 Å². The van der Waals surface area contributed by atoms with Crippen LogP contribution in [0.3, 0.4) is 0 Å². The molecule has 68 heavy (non-hydrogen) atoms. The van der Waals surface area contributed by atoms with Gasteiger partial charge in [-0.3, -0.25) is 0 Å². The van der Waals surface area contributed by atoms with Crippen molar-refractivity contribution in [2.75, 3.05) is 0 Å². The van der Waals surface area contributed by atoms with E-state index < -0.39 is 10.8 Å². The molecule has 0 bridgehead atoms. The van der Waals surface area contributed by atoms with Crippen molar-refractivity contribution >= 4 is 21.5 Å². The second-order valence-electron chi connectivity index (χ2n) is 24.2. The first-order valence-corrected chi connectivity index (χ1v) is 24.9. The third-order valence-electron chi connectivity index (χ3n) is 15.9. The fraction of sp³-hybridized carbons (Fsp3) is 0.265. The Morgan fingerprint density at radius 1 is 0.265 bits per heavy atom. The van der Waals surface area contributed by atoms with Crippen LogP contribution in [-0.2, 0) is 32.5 Å². The lowest BCUT2D eigenvalue weighted by Crippen LogP contribution is -2.30. The van der Waals surface area contributed by atoms with Crippen molar-refractivity contribution in [2.45, 2.75) is 116 Å². The summed E-state index contributed by atoms with van der Waals surface area (Å²) in [7, 11) is 0. The van der Waals surface area contributed by atoms with Gasteiger partial charge < -0.3 is 0 Å². The highest BCUT2D eigenvalue weighted by atomic mass is 14.5. The second-order valence-corrected chi connectivity index (χ2v) is 24.2. The van der Waals surface area contributed by atoms with Gasteiger partial charge in [-0.25, -0.2) is 0 Å². The smallest absolute Gasteiger partial charge is 0.0616 e. The molecule has 2 aliphatic rings. The molecule has 0 amide bonds. The van der Waals surface area contributed by atoms with Gasteiger partial charge in [0.25, 0.3) is 0 Å². The Labute approximate surface area is 406 Å². The van der Waals surface area contributed by atoms with E-state index in [0.29, 0.717) is 0 Å². The van der Waals surface area contributed by atoms with Gasteiger partial charge in [0.05, 0.1) is 10.8 Å². The third-order valence-corrected chi connectivity index (χ3v) is 15.9. The molecule has 0 heteroatoms. The number of rotatable bonds is 4. The van der Waals surface area contributed by atoms with Gasteiger partial charge in [-0.05, 0) is 144 Å². The topological polar surface area (TPSA) is 0 Å². The van der Waals surface area contributed by atoms with Crippen LogP contribution < -0.4 is 0 Å². The van der Waals surface area contributed by atoms with E-state index in [2.05, 4.69) is 265 Å². The molecule has 0 atom stereocenters. The highest BCUT2D eigenvalue weighted by molar-refractivity contribution is 6.09. The van der Waals surface area contributed by atoms with Crippen LogP contribution in [0.4, 0.5) is 0 Å². The molecule has 0 N–H and O–H groups in total. The lowest BCUT2D eigenvalue weighted by molar-refractivity contribution is 0.588. The minimum Gasteiger partial charge on any atom is -0.0616 e. The zero-order valence-corrected chi connectivity index (χ0v) is 42.3. The summed E-state index contributed by atoms with van der Waals surface area (Å²) in [6.45, 7) is 27.8. The first kappa shape index (κ1) is 44.0. The zero-order chi connectivity index (χ0) is 47.8. The maximum atomic E-state index is 2.66. The van der Waals surface area contributed by atoms with Crippen molar-refractivity contribution < 1.29 is 0 Å². The highest BCUT2D eigenvalue weighted by Crippen LogP contribution is 2.64. The predicted molar refractivity (Wildman–Crippen MR) is 291 cm³/mol. The maximum Gasteiger partial charge on any atom is 0.0714 e. The van der Waals surface area contributed by atoms with Crippen LogP contribution in [0, 0.1) is 0 Å². The highest BCUT2D eigenvalue weighted by Gasteiger charge is 2.52. The van der Waals surface area contributed by atoms with Gasteiger partial charge in [-0.1, -0.05) is 253 Å².